The molecule has 0 aromatic heterocycles. The number of benzene rings is 2. The number of aliphatic imine (C=N–C) groups is 1. The van der Waals surface area contributed by atoms with E-state index in [0.29, 0.717) is 34.0 Å². The first-order valence-corrected chi connectivity index (χ1v) is 10.3. The normalized spacial score (nSPS) is 16.9. The number of ether oxygens (including phenoxy) is 2. The molecule has 0 unspecified atom stereocenters. The Morgan fingerprint density at radius 3 is 2.38 bits per heavy atom. The highest BCUT2D eigenvalue weighted by Crippen LogP contribution is 2.36. The fourth-order valence-electron chi connectivity index (χ4n) is 2.94. The Balaban J connectivity index is 1.95. The molecular weight excluding hydrogens is 384 g/mol. The minimum Gasteiger partial charge on any atom is -0.493 e. The highest BCUT2D eigenvalue weighted by molar-refractivity contribution is 8.18. The highest BCUT2D eigenvalue weighted by Gasteiger charge is 2.33. The molecule has 3 rings (SSSR count). The highest BCUT2D eigenvalue weighted by atomic mass is 32.2. The summed E-state index contributed by atoms with van der Waals surface area (Å²) < 4.78 is 10.7. The van der Waals surface area contributed by atoms with E-state index < -0.39 is 0 Å². The van der Waals surface area contributed by atoms with Gasteiger partial charge in [0.2, 0.25) is 0 Å². The van der Waals surface area contributed by atoms with E-state index in [4.69, 9.17) is 14.5 Å². The van der Waals surface area contributed by atoms with E-state index in [9.17, 15) is 4.79 Å². The molecule has 0 atom stereocenters. The van der Waals surface area contributed by atoms with Gasteiger partial charge in [-0.1, -0.05) is 37.6 Å². The summed E-state index contributed by atoms with van der Waals surface area (Å²) in [6.07, 6.45) is 1.87. The van der Waals surface area contributed by atoms with E-state index in [1.165, 1.54) is 17.3 Å². The molecule has 2 aromatic rings. The van der Waals surface area contributed by atoms with Gasteiger partial charge in [-0.25, -0.2) is 4.99 Å². The van der Waals surface area contributed by atoms with Crippen LogP contribution in [0.2, 0.25) is 0 Å². The maximum Gasteiger partial charge on any atom is 0.266 e. The molecule has 6 heteroatoms. The van der Waals surface area contributed by atoms with Gasteiger partial charge in [0.1, 0.15) is 0 Å². The molecule has 0 aliphatic carbocycles. The first-order chi connectivity index (χ1) is 13.9. The average molecular weight is 411 g/mol. The predicted octanol–water partition coefficient (Wildman–Crippen LogP) is 5.27. The predicted molar refractivity (Wildman–Crippen MR) is 120 cm³/mol. The van der Waals surface area contributed by atoms with Gasteiger partial charge in [0.15, 0.2) is 16.7 Å². The lowest BCUT2D eigenvalue weighted by atomic mass is 10.1. The summed E-state index contributed by atoms with van der Waals surface area (Å²) in [6.45, 7) is 6.86. The van der Waals surface area contributed by atoms with Crippen LogP contribution in [-0.4, -0.2) is 36.7 Å². The number of hydrogen-bond donors (Lipinski definition) is 0. The molecule has 0 spiro atoms. The van der Waals surface area contributed by atoms with Crippen molar-refractivity contribution < 1.29 is 14.3 Å². The third-order valence-corrected chi connectivity index (χ3v) is 5.41. The summed E-state index contributed by atoms with van der Waals surface area (Å²) in [4.78, 5) is 20.2. The van der Waals surface area contributed by atoms with Crippen LogP contribution in [0.25, 0.3) is 6.08 Å². The molecule has 5 nitrogen and oxygen atoms in total. The zero-order chi connectivity index (χ0) is 21.0. The minimum absolute atomic E-state index is 0.0238. The van der Waals surface area contributed by atoms with Crippen LogP contribution in [0.4, 0.5) is 5.69 Å². The van der Waals surface area contributed by atoms with Gasteiger partial charge in [0.05, 0.1) is 24.8 Å². The molecule has 0 radical (unpaired) electrons. The van der Waals surface area contributed by atoms with E-state index in [1.807, 2.05) is 55.5 Å². The zero-order valence-corrected chi connectivity index (χ0v) is 18.2. The van der Waals surface area contributed by atoms with Gasteiger partial charge >= 0.3 is 0 Å². The Bertz CT molecular complexity index is 949. The third kappa shape index (κ3) is 5.01. The number of amidine groups is 1. The molecule has 1 amide bonds. The monoisotopic (exact) mass is 410 g/mol. The molecule has 0 N–H and O–H groups in total. The molecule has 29 heavy (non-hydrogen) atoms. The molecule has 1 aliphatic rings. The van der Waals surface area contributed by atoms with Crippen molar-refractivity contribution in [3.63, 3.8) is 0 Å². The van der Waals surface area contributed by atoms with Crippen LogP contribution in [0.15, 0.2) is 52.4 Å². The lowest BCUT2D eigenvalue weighted by Crippen LogP contribution is -2.32. The van der Waals surface area contributed by atoms with Crippen LogP contribution < -0.4 is 9.47 Å². The van der Waals surface area contributed by atoms with E-state index in [2.05, 4.69) is 13.8 Å². The zero-order valence-electron chi connectivity index (χ0n) is 17.4. The third-order valence-electron chi connectivity index (χ3n) is 4.40. The van der Waals surface area contributed by atoms with Crippen LogP contribution in [0.3, 0.4) is 0 Å². The molecule has 1 fully saturated rings. The van der Waals surface area contributed by atoms with Crippen LogP contribution in [-0.2, 0) is 4.79 Å². The summed E-state index contributed by atoms with van der Waals surface area (Å²) >= 11 is 1.40. The van der Waals surface area contributed by atoms with E-state index >= 15 is 0 Å². The van der Waals surface area contributed by atoms with Crippen molar-refractivity contribution in [2.24, 2.45) is 10.9 Å². The number of carbonyl (C=O) groups is 1. The quantitative estimate of drug-likeness (QED) is 0.609. The largest absolute Gasteiger partial charge is 0.493 e. The van der Waals surface area contributed by atoms with Gasteiger partial charge in [-0.15, -0.1) is 0 Å². The van der Waals surface area contributed by atoms with Crippen molar-refractivity contribution in [1.82, 2.24) is 4.90 Å². The second-order valence-electron chi connectivity index (χ2n) is 7.26. The average Bonchev–Trinajstić information content (AvgIpc) is 2.98. The maximum absolute atomic E-state index is 13.1. The van der Waals surface area contributed by atoms with Gasteiger partial charge < -0.3 is 9.47 Å². The van der Waals surface area contributed by atoms with E-state index in [1.54, 1.807) is 19.1 Å². The van der Waals surface area contributed by atoms with Crippen molar-refractivity contribution in [2.45, 2.75) is 20.8 Å². The molecule has 1 saturated heterocycles. The Hall–Kier alpha value is -2.73. The fourth-order valence-corrected chi connectivity index (χ4v) is 3.95. The summed E-state index contributed by atoms with van der Waals surface area (Å²) in [5.74, 6) is 1.60. The van der Waals surface area contributed by atoms with Crippen LogP contribution in [0, 0.1) is 12.8 Å². The van der Waals surface area contributed by atoms with Gasteiger partial charge in [0, 0.05) is 6.54 Å². The Morgan fingerprint density at radius 1 is 1.07 bits per heavy atom. The van der Waals surface area contributed by atoms with Gasteiger partial charge in [0.25, 0.3) is 5.91 Å². The maximum atomic E-state index is 13.1. The molecule has 0 bridgehead atoms. The number of rotatable bonds is 6. The number of carbonyl (C=O) groups excluding carboxylic acids is 1. The lowest BCUT2D eigenvalue weighted by Gasteiger charge is -2.17. The SMILES string of the molecule is COc1ccc(/C=C2/SC(=Nc3ccc(C)cc3)N(CC(C)C)C2=O)cc1OC. The number of nitrogens with zero attached hydrogens (tertiary/aromatic N) is 2. The van der Waals surface area contributed by atoms with Crippen molar-refractivity contribution in [1.29, 1.82) is 0 Å². The van der Waals surface area contributed by atoms with Crippen molar-refractivity contribution in [3.05, 3.63) is 58.5 Å². The molecule has 152 valence electrons. The van der Waals surface area contributed by atoms with Gasteiger partial charge in [-0.3, -0.25) is 9.69 Å². The number of amides is 1. The number of hydrogen-bond acceptors (Lipinski definition) is 5. The molecule has 1 heterocycles. The second-order valence-corrected chi connectivity index (χ2v) is 8.27. The standard InChI is InChI=1S/C23H26N2O3S/c1-15(2)14-25-22(26)21(13-17-8-11-19(27-4)20(12-17)28-5)29-23(25)24-18-9-6-16(3)7-10-18/h6-13,15H,14H2,1-5H3/b21-13+,24-23?. The molecule has 1 aliphatic heterocycles. The van der Waals surface area contributed by atoms with Gasteiger partial charge in [-0.2, -0.15) is 0 Å². The second kappa shape index (κ2) is 9.18. The van der Waals surface area contributed by atoms with Crippen molar-refractivity contribution in [2.75, 3.05) is 20.8 Å². The fraction of sp³-hybridized carbons (Fsp3) is 0.304. The topological polar surface area (TPSA) is 51.1 Å². The molecule has 2 aromatic carbocycles. The number of aryl methyl sites for hydroxylation is 1. The van der Waals surface area contributed by atoms with Crippen molar-refractivity contribution in [3.8, 4) is 11.5 Å². The number of thioether (sulfide) groups is 1. The summed E-state index contributed by atoms with van der Waals surface area (Å²) in [5, 5.41) is 0.708. The minimum atomic E-state index is -0.0238. The van der Waals surface area contributed by atoms with Gasteiger partial charge in [-0.05, 0) is 60.5 Å². The van der Waals surface area contributed by atoms with Crippen LogP contribution >= 0.6 is 11.8 Å². The molecule has 0 saturated carbocycles. The first kappa shape index (κ1) is 21.0. The summed E-state index contributed by atoms with van der Waals surface area (Å²) in [5.41, 5.74) is 2.89. The summed E-state index contributed by atoms with van der Waals surface area (Å²) in [6, 6.07) is 13.6. The Kier molecular flexibility index (Phi) is 6.64. The summed E-state index contributed by atoms with van der Waals surface area (Å²) in [7, 11) is 3.20. The van der Waals surface area contributed by atoms with Crippen LogP contribution in [0.1, 0.15) is 25.0 Å². The van der Waals surface area contributed by atoms with Crippen LogP contribution in [0.5, 0.6) is 11.5 Å². The first-order valence-electron chi connectivity index (χ1n) is 9.50. The van der Waals surface area contributed by atoms with Crippen molar-refractivity contribution >= 4 is 34.6 Å². The lowest BCUT2D eigenvalue weighted by molar-refractivity contribution is -0.122. The number of methoxy groups -OCH3 is 2. The Morgan fingerprint density at radius 2 is 1.76 bits per heavy atom. The molecular formula is C23H26N2O3S. The van der Waals surface area contributed by atoms with E-state index in [-0.39, 0.29) is 5.91 Å². The smallest absolute Gasteiger partial charge is 0.266 e. The Labute approximate surface area is 176 Å². The van der Waals surface area contributed by atoms with E-state index in [0.717, 1.165) is 11.3 Å².